The van der Waals surface area contributed by atoms with Gasteiger partial charge in [0.15, 0.2) is 0 Å². The maximum absolute atomic E-state index is 13.3. The zero-order valence-corrected chi connectivity index (χ0v) is 15.9. The summed E-state index contributed by atoms with van der Waals surface area (Å²) >= 11 is 0. The van der Waals surface area contributed by atoms with E-state index < -0.39 is 0 Å². The van der Waals surface area contributed by atoms with E-state index in [9.17, 15) is 9.18 Å². The lowest BCUT2D eigenvalue weighted by Gasteiger charge is -2.38. The van der Waals surface area contributed by atoms with Crippen LogP contribution in [0.3, 0.4) is 0 Å². The second-order valence-corrected chi connectivity index (χ2v) is 7.67. The van der Waals surface area contributed by atoms with Crippen LogP contribution in [0.1, 0.15) is 24.8 Å². The number of carbonyl (C=O) groups is 1. The monoisotopic (exact) mass is 383 g/mol. The summed E-state index contributed by atoms with van der Waals surface area (Å²) in [7, 11) is 0. The highest BCUT2D eigenvalue weighted by Crippen LogP contribution is 2.27. The van der Waals surface area contributed by atoms with Gasteiger partial charge in [0.1, 0.15) is 12.4 Å². The summed E-state index contributed by atoms with van der Waals surface area (Å²) in [5.74, 6) is -0.313. The molecule has 2 unspecified atom stereocenters. The van der Waals surface area contributed by atoms with Gasteiger partial charge in [-0.15, -0.1) is 0 Å². The van der Waals surface area contributed by atoms with Crippen molar-refractivity contribution in [2.24, 2.45) is 0 Å². The van der Waals surface area contributed by atoms with E-state index in [-0.39, 0.29) is 18.0 Å². The van der Waals surface area contributed by atoms with E-state index in [4.69, 9.17) is 10.5 Å². The molecule has 2 aliphatic heterocycles. The Labute approximate surface area is 164 Å². The Balaban J connectivity index is 1.47. The number of hydrogen-bond donors (Lipinski definition) is 1. The molecule has 2 aromatic carbocycles. The quantitative estimate of drug-likeness (QED) is 0.798. The van der Waals surface area contributed by atoms with Crippen molar-refractivity contribution in [1.29, 1.82) is 0 Å². The van der Waals surface area contributed by atoms with Crippen molar-refractivity contribution >= 4 is 17.5 Å². The average Bonchev–Trinajstić information content (AvgIpc) is 3.06. The number of nitrogens with zero attached hydrogens (tertiary/aromatic N) is 2. The second-order valence-electron chi connectivity index (χ2n) is 7.67. The molecular weight excluding hydrogens is 357 g/mol. The number of benzene rings is 2. The molecule has 2 N–H and O–H groups in total. The fourth-order valence-corrected chi connectivity index (χ4v) is 4.24. The third-order valence-corrected chi connectivity index (χ3v) is 5.71. The van der Waals surface area contributed by atoms with E-state index in [0.717, 1.165) is 38.0 Å². The zero-order valence-electron chi connectivity index (χ0n) is 15.9. The lowest BCUT2D eigenvalue weighted by molar-refractivity contribution is 0.132. The number of halogens is 1. The lowest BCUT2D eigenvalue weighted by Crippen LogP contribution is -2.49. The number of nitrogen functional groups attached to an aromatic ring is 1. The van der Waals surface area contributed by atoms with Gasteiger partial charge in [-0.2, -0.15) is 0 Å². The molecule has 0 aliphatic carbocycles. The average molecular weight is 383 g/mol. The number of ether oxygens (including phenoxy) is 1. The SMILES string of the molecule is Nc1ccc(CC2CCCCN2CC2COC(=O)N2c2ccc(F)cc2)cc1. The van der Waals surface area contributed by atoms with Crippen LogP contribution in [0.25, 0.3) is 0 Å². The fraction of sp³-hybridized carbons (Fsp3) is 0.409. The Bertz CT molecular complexity index is 810. The first-order valence-electron chi connectivity index (χ1n) is 9.90. The van der Waals surface area contributed by atoms with Gasteiger partial charge in [0.05, 0.1) is 6.04 Å². The van der Waals surface area contributed by atoms with Crippen LogP contribution < -0.4 is 10.6 Å². The highest BCUT2D eigenvalue weighted by molar-refractivity contribution is 5.90. The first-order valence-corrected chi connectivity index (χ1v) is 9.90. The third-order valence-electron chi connectivity index (χ3n) is 5.71. The zero-order chi connectivity index (χ0) is 19.5. The van der Waals surface area contributed by atoms with Crippen LogP contribution in [0.2, 0.25) is 0 Å². The molecule has 148 valence electrons. The normalized spacial score (nSPS) is 23.0. The van der Waals surface area contributed by atoms with Crippen molar-refractivity contribution < 1.29 is 13.9 Å². The molecule has 4 rings (SSSR count). The molecular formula is C22H26FN3O2. The van der Waals surface area contributed by atoms with Gasteiger partial charge in [0.25, 0.3) is 0 Å². The number of anilines is 2. The smallest absolute Gasteiger partial charge is 0.414 e. The van der Waals surface area contributed by atoms with Crippen molar-refractivity contribution in [3.05, 3.63) is 59.9 Å². The highest BCUT2D eigenvalue weighted by Gasteiger charge is 2.37. The summed E-state index contributed by atoms with van der Waals surface area (Å²) in [6, 6.07) is 14.5. The number of rotatable bonds is 5. The molecule has 0 aromatic heterocycles. The number of amides is 1. The summed E-state index contributed by atoms with van der Waals surface area (Å²) in [5.41, 5.74) is 8.54. The molecule has 0 radical (unpaired) electrons. The molecule has 6 heteroatoms. The topological polar surface area (TPSA) is 58.8 Å². The highest BCUT2D eigenvalue weighted by atomic mass is 19.1. The van der Waals surface area contributed by atoms with Crippen LogP contribution in [0.5, 0.6) is 0 Å². The minimum absolute atomic E-state index is 0.0648. The van der Waals surface area contributed by atoms with Crippen LogP contribution in [0.4, 0.5) is 20.6 Å². The van der Waals surface area contributed by atoms with Gasteiger partial charge in [-0.25, -0.2) is 9.18 Å². The molecule has 2 aliphatic rings. The van der Waals surface area contributed by atoms with Gasteiger partial charge in [-0.1, -0.05) is 18.6 Å². The number of carbonyl (C=O) groups excluding carboxylic acids is 1. The Morgan fingerprint density at radius 3 is 2.54 bits per heavy atom. The largest absolute Gasteiger partial charge is 0.447 e. The van der Waals surface area contributed by atoms with Gasteiger partial charge in [0, 0.05) is 24.0 Å². The minimum atomic E-state index is -0.358. The van der Waals surface area contributed by atoms with Crippen LogP contribution >= 0.6 is 0 Å². The van der Waals surface area contributed by atoms with Crippen LogP contribution in [0, 0.1) is 5.82 Å². The Morgan fingerprint density at radius 2 is 1.79 bits per heavy atom. The van der Waals surface area contributed by atoms with E-state index in [2.05, 4.69) is 17.0 Å². The summed E-state index contributed by atoms with van der Waals surface area (Å²) in [5, 5.41) is 0. The number of cyclic esters (lactones) is 1. The molecule has 28 heavy (non-hydrogen) atoms. The molecule has 2 saturated heterocycles. The van der Waals surface area contributed by atoms with E-state index in [0.29, 0.717) is 18.3 Å². The van der Waals surface area contributed by atoms with Crippen molar-refractivity contribution in [2.75, 3.05) is 30.3 Å². The standard InChI is InChI=1S/C22H26FN3O2/c23-17-6-10-19(11-7-17)26-21(15-28-22(26)27)14-25-12-2-1-3-20(25)13-16-4-8-18(24)9-5-16/h4-11,20-21H,1-3,12-15,24H2. The molecule has 2 atom stereocenters. The maximum atomic E-state index is 13.3. The van der Waals surface area contributed by atoms with Crippen molar-refractivity contribution in [3.63, 3.8) is 0 Å². The van der Waals surface area contributed by atoms with E-state index in [1.165, 1.54) is 24.1 Å². The predicted octanol–water partition coefficient (Wildman–Crippen LogP) is 3.83. The van der Waals surface area contributed by atoms with Gasteiger partial charge in [0.2, 0.25) is 0 Å². The summed E-state index contributed by atoms with van der Waals surface area (Å²) in [4.78, 5) is 16.4. The summed E-state index contributed by atoms with van der Waals surface area (Å²) in [6.45, 7) is 2.13. The second kappa shape index (κ2) is 8.19. The first kappa shape index (κ1) is 18.7. The van der Waals surface area contributed by atoms with Crippen molar-refractivity contribution in [3.8, 4) is 0 Å². The van der Waals surface area contributed by atoms with E-state index in [1.807, 2.05) is 12.1 Å². The van der Waals surface area contributed by atoms with E-state index in [1.54, 1.807) is 17.0 Å². The van der Waals surface area contributed by atoms with Gasteiger partial charge in [-0.05, 0) is 67.8 Å². The van der Waals surface area contributed by atoms with Gasteiger partial charge in [-0.3, -0.25) is 9.80 Å². The minimum Gasteiger partial charge on any atom is -0.447 e. The molecule has 1 amide bonds. The Morgan fingerprint density at radius 1 is 1.04 bits per heavy atom. The summed E-state index contributed by atoms with van der Waals surface area (Å²) in [6.07, 6.45) is 4.14. The summed E-state index contributed by atoms with van der Waals surface area (Å²) < 4.78 is 18.6. The number of nitrogens with two attached hydrogens (primary N) is 1. The number of likely N-dealkylation sites (tertiary alicyclic amines) is 1. The first-order chi connectivity index (χ1) is 13.6. The number of hydrogen-bond acceptors (Lipinski definition) is 4. The van der Waals surface area contributed by atoms with Crippen LogP contribution in [-0.2, 0) is 11.2 Å². The van der Waals surface area contributed by atoms with Crippen LogP contribution in [0.15, 0.2) is 48.5 Å². The predicted molar refractivity (Wildman–Crippen MR) is 108 cm³/mol. The van der Waals surface area contributed by atoms with Crippen molar-refractivity contribution in [1.82, 2.24) is 4.90 Å². The fourth-order valence-electron chi connectivity index (χ4n) is 4.24. The molecule has 5 nitrogen and oxygen atoms in total. The Kier molecular flexibility index (Phi) is 5.48. The van der Waals surface area contributed by atoms with E-state index >= 15 is 0 Å². The molecule has 0 bridgehead atoms. The Hall–Kier alpha value is -2.60. The lowest BCUT2D eigenvalue weighted by atomic mass is 9.95. The van der Waals surface area contributed by atoms with Gasteiger partial charge >= 0.3 is 6.09 Å². The molecule has 0 spiro atoms. The molecule has 0 saturated carbocycles. The van der Waals surface area contributed by atoms with Crippen molar-refractivity contribution in [2.45, 2.75) is 37.8 Å². The maximum Gasteiger partial charge on any atom is 0.414 e. The third kappa shape index (κ3) is 4.12. The molecule has 2 fully saturated rings. The van der Waals surface area contributed by atoms with Crippen LogP contribution in [-0.4, -0.2) is 42.8 Å². The molecule has 2 heterocycles. The molecule has 2 aromatic rings. The number of piperidine rings is 1. The van der Waals surface area contributed by atoms with Gasteiger partial charge < -0.3 is 10.5 Å².